The topological polar surface area (TPSA) is 114 Å². The molecule has 1 amide bonds. The summed E-state index contributed by atoms with van der Waals surface area (Å²) < 4.78 is 17.0. The van der Waals surface area contributed by atoms with E-state index in [1.807, 2.05) is 28.8 Å². The minimum atomic E-state index is -0.381. The van der Waals surface area contributed by atoms with Crippen LogP contribution in [0.1, 0.15) is 35.1 Å². The SMILES string of the molecule is Cn1c(C(=O)NCc2cccc(F)c2)nc2c(N3CCC(n4c(=O)[nH]c5ccccc54)CC3)ncnc21. The summed E-state index contributed by atoms with van der Waals surface area (Å²) in [6.07, 6.45) is 3.01. The predicted octanol–water partition coefficient (Wildman–Crippen LogP) is 2.92. The van der Waals surface area contributed by atoms with E-state index in [1.54, 1.807) is 23.7 Å². The number of fused-ring (bicyclic) bond motifs is 2. The van der Waals surface area contributed by atoms with E-state index in [1.165, 1.54) is 18.5 Å². The zero-order valence-corrected chi connectivity index (χ0v) is 20.2. The smallest absolute Gasteiger partial charge is 0.326 e. The van der Waals surface area contributed by atoms with Crippen LogP contribution in [0.15, 0.2) is 59.7 Å². The molecule has 1 saturated heterocycles. The fraction of sp³-hybridized carbons (Fsp3) is 0.269. The summed E-state index contributed by atoms with van der Waals surface area (Å²) in [4.78, 5) is 44.0. The van der Waals surface area contributed by atoms with Gasteiger partial charge in [-0.15, -0.1) is 0 Å². The number of aromatic amines is 1. The lowest BCUT2D eigenvalue weighted by Crippen LogP contribution is -2.37. The van der Waals surface area contributed by atoms with Crippen LogP contribution in [0.3, 0.4) is 0 Å². The average molecular weight is 501 g/mol. The second-order valence-corrected chi connectivity index (χ2v) is 9.21. The first-order valence-corrected chi connectivity index (χ1v) is 12.1. The van der Waals surface area contributed by atoms with Gasteiger partial charge in [0.05, 0.1) is 11.0 Å². The van der Waals surface area contributed by atoms with E-state index >= 15 is 0 Å². The van der Waals surface area contributed by atoms with Gasteiger partial charge in [0.1, 0.15) is 12.1 Å². The Morgan fingerprint density at radius 1 is 1.14 bits per heavy atom. The number of halogens is 1. The molecule has 0 bridgehead atoms. The molecule has 4 heterocycles. The number of anilines is 1. The molecule has 3 aromatic heterocycles. The molecule has 6 rings (SSSR count). The molecule has 0 saturated carbocycles. The van der Waals surface area contributed by atoms with Crippen LogP contribution in [0.25, 0.3) is 22.2 Å². The number of carbonyl (C=O) groups is 1. The summed E-state index contributed by atoms with van der Waals surface area (Å²) in [7, 11) is 1.73. The molecular formula is C26H25FN8O2. The van der Waals surface area contributed by atoms with Crippen molar-refractivity contribution in [1.29, 1.82) is 0 Å². The van der Waals surface area contributed by atoms with Crippen LogP contribution in [0.4, 0.5) is 10.2 Å². The van der Waals surface area contributed by atoms with Crippen molar-refractivity contribution in [3.8, 4) is 0 Å². The highest BCUT2D eigenvalue weighted by molar-refractivity contribution is 5.96. The van der Waals surface area contributed by atoms with Gasteiger partial charge in [0, 0.05) is 32.7 Å². The number of hydrogen-bond acceptors (Lipinski definition) is 6. The highest BCUT2D eigenvalue weighted by atomic mass is 19.1. The van der Waals surface area contributed by atoms with Crippen molar-refractivity contribution in [3.63, 3.8) is 0 Å². The summed E-state index contributed by atoms with van der Waals surface area (Å²) in [5, 5.41) is 2.80. The van der Waals surface area contributed by atoms with Crippen molar-refractivity contribution in [3.05, 3.63) is 82.5 Å². The number of amides is 1. The lowest BCUT2D eigenvalue weighted by Gasteiger charge is -2.33. The quantitative estimate of drug-likeness (QED) is 0.384. The number of nitrogens with zero attached hydrogens (tertiary/aromatic N) is 6. The number of carbonyl (C=O) groups excluding carboxylic acids is 1. The third-order valence-corrected chi connectivity index (χ3v) is 6.94. The van der Waals surface area contributed by atoms with Gasteiger partial charge < -0.3 is 19.8 Å². The Morgan fingerprint density at radius 3 is 2.76 bits per heavy atom. The van der Waals surface area contributed by atoms with Gasteiger partial charge in [-0.2, -0.15) is 0 Å². The van der Waals surface area contributed by atoms with E-state index in [0.29, 0.717) is 35.6 Å². The monoisotopic (exact) mass is 500 g/mol. The molecule has 0 unspecified atom stereocenters. The molecule has 5 aromatic rings. The van der Waals surface area contributed by atoms with E-state index in [0.717, 1.165) is 23.9 Å². The number of hydrogen-bond donors (Lipinski definition) is 2. The molecule has 0 radical (unpaired) electrons. The molecule has 2 N–H and O–H groups in total. The number of aromatic nitrogens is 6. The van der Waals surface area contributed by atoms with Crippen LogP contribution < -0.4 is 15.9 Å². The Labute approximate surface area is 210 Å². The highest BCUT2D eigenvalue weighted by Gasteiger charge is 2.27. The normalized spacial score (nSPS) is 14.5. The number of nitrogens with one attached hydrogen (secondary N) is 2. The second kappa shape index (κ2) is 9.16. The van der Waals surface area contributed by atoms with Gasteiger partial charge in [0.2, 0.25) is 5.82 Å². The zero-order chi connectivity index (χ0) is 25.5. The van der Waals surface area contributed by atoms with Crippen LogP contribution in [0, 0.1) is 5.82 Å². The molecule has 10 nitrogen and oxygen atoms in total. The van der Waals surface area contributed by atoms with E-state index in [4.69, 9.17) is 0 Å². The predicted molar refractivity (Wildman–Crippen MR) is 137 cm³/mol. The average Bonchev–Trinajstić information content (AvgIpc) is 3.43. The van der Waals surface area contributed by atoms with Gasteiger partial charge in [0.25, 0.3) is 5.91 Å². The molecule has 1 fully saturated rings. The maximum Gasteiger partial charge on any atom is 0.326 e. The molecular weight excluding hydrogens is 475 g/mol. The number of rotatable bonds is 5. The van der Waals surface area contributed by atoms with E-state index < -0.39 is 0 Å². The summed E-state index contributed by atoms with van der Waals surface area (Å²) >= 11 is 0. The van der Waals surface area contributed by atoms with Crippen LogP contribution in [-0.4, -0.2) is 48.1 Å². The van der Waals surface area contributed by atoms with Gasteiger partial charge in [-0.1, -0.05) is 24.3 Å². The van der Waals surface area contributed by atoms with E-state index in [2.05, 4.69) is 30.2 Å². The summed E-state index contributed by atoms with van der Waals surface area (Å²) in [5.41, 5.74) is 3.41. The second-order valence-electron chi connectivity index (χ2n) is 9.21. The molecule has 1 aliphatic rings. The number of benzene rings is 2. The lowest BCUT2D eigenvalue weighted by molar-refractivity contribution is 0.0938. The fourth-order valence-electron chi connectivity index (χ4n) is 5.10. The largest absolute Gasteiger partial charge is 0.355 e. The Hall–Kier alpha value is -4.54. The minimum absolute atomic E-state index is 0.0742. The Kier molecular flexibility index (Phi) is 5.67. The zero-order valence-electron chi connectivity index (χ0n) is 20.2. The van der Waals surface area contributed by atoms with Crippen molar-refractivity contribution in [1.82, 2.24) is 34.4 Å². The number of aryl methyl sites for hydroxylation is 1. The minimum Gasteiger partial charge on any atom is -0.355 e. The Balaban J connectivity index is 1.22. The first kappa shape index (κ1) is 22.9. The molecule has 0 atom stereocenters. The molecule has 37 heavy (non-hydrogen) atoms. The molecule has 1 aliphatic heterocycles. The van der Waals surface area contributed by atoms with E-state index in [9.17, 15) is 14.0 Å². The van der Waals surface area contributed by atoms with Crippen molar-refractivity contribution in [2.24, 2.45) is 7.05 Å². The maximum absolute atomic E-state index is 13.5. The number of piperidine rings is 1. The third-order valence-electron chi connectivity index (χ3n) is 6.94. The molecule has 2 aromatic carbocycles. The van der Waals surface area contributed by atoms with Crippen LogP contribution in [-0.2, 0) is 13.6 Å². The standard InChI is InChI=1S/C26H25FN8O2/c1-33-22-21(32-24(33)25(36)28-14-16-5-4-6-17(27)13-16)23(30-15-29-22)34-11-9-18(10-12-34)35-20-8-3-2-7-19(20)31-26(35)37/h2-8,13,15,18H,9-12,14H2,1H3,(H,28,36)(H,31,37). The van der Waals surface area contributed by atoms with Crippen molar-refractivity contribution in [2.75, 3.05) is 18.0 Å². The number of imidazole rings is 2. The highest BCUT2D eigenvalue weighted by Crippen LogP contribution is 2.30. The first-order valence-electron chi connectivity index (χ1n) is 12.1. The fourth-order valence-corrected chi connectivity index (χ4v) is 5.10. The Bertz CT molecular complexity index is 1680. The van der Waals surface area contributed by atoms with Gasteiger partial charge in [0.15, 0.2) is 17.0 Å². The first-order chi connectivity index (χ1) is 18.0. The van der Waals surface area contributed by atoms with Crippen LogP contribution in [0.2, 0.25) is 0 Å². The van der Waals surface area contributed by atoms with Gasteiger partial charge in [-0.05, 0) is 42.7 Å². The number of H-pyrrole nitrogens is 1. The van der Waals surface area contributed by atoms with Crippen molar-refractivity contribution < 1.29 is 9.18 Å². The maximum atomic E-state index is 13.5. The molecule has 0 aliphatic carbocycles. The molecule has 188 valence electrons. The molecule has 11 heteroatoms. The van der Waals surface area contributed by atoms with Crippen LogP contribution >= 0.6 is 0 Å². The van der Waals surface area contributed by atoms with Gasteiger partial charge >= 0.3 is 5.69 Å². The van der Waals surface area contributed by atoms with Crippen LogP contribution in [0.5, 0.6) is 0 Å². The molecule has 0 spiro atoms. The van der Waals surface area contributed by atoms with Crippen molar-refractivity contribution in [2.45, 2.75) is 25.4 Å². The van der Waals surface area contributed by atoms with Gasteiger partial charge in [-0.3, -0.25) is 9.36 Å². The van der Waals surface area contributed by atoms with Gasteiger partial charge in [-0.25, -0.2) is 24.1 Å². The van der Waals surface area contributed by atoms with E-state index in [-0.39, 0.29) is 35.8 Å². The number of para-hydroxylation sites is 2. The third kappa shape index (κ3) is 4.11. The Morgan fingerprint density at radius 2 is 1.95 bits per heavy atom. The summed E-state index contributed by atoms with van der Waals surface area (Å²) in [6, 6.07) is 13.9. The lowest BCUT2D eigenvalue weighted by atomic mass is 10.0. The summed E-state index contributed by atoms with van der Waals surface area (Å²) in [5.74, 6) is 0.128. The van der Waals surface area contributed by atoms with Crippen molar-refractivity contribution >= 4 is 33.9 Å². The summed E-state index contributed by atoms with van der Waals surface area (Å²) in [6.45, 7) is 1.54.